The number of hydrogen-bond donors (Lipinski definition) is 1. The Kier molecular flexibility index (Phi) is 5.48. The lowest BCUT2D eigenvalue weighted by Gasteiger charge is -2.33. The third-order valence-electron chi connectivity index (χ3n) is 3.19. The lowest BCUT2D eigenvalue weighted by molar-refractivity contribution is -0.147. The highest BCUT2D eigenvalue weighted by atomic mass is 79.9. The van der Waals surface area contributed by atoms with Crippen LogP contribution in [0.5, 0.6) is 0 Å². The van der Waals surface area contributed by atoms with E-state index < -0.39 is 16.6 Å². The topological polar surface area (TPSA) is 49.8 Å². The van der Waals surface area contributed by atoms with E-state index in [9.17, 15) is 14.3 Å². The molecule has 4 nitrogen and oxygen atoms in total. The van der Waals surface area contributed by atoms with Crippen molar-refractivity contribution in [3.05, 3.63) is 33.8 Å². The fourth-order valence-corrected chi connectivity index (χ4v) is 2.81. The van der Waals surface area contributed by atoms with Crippen molar-refractivity contribution in [2.75, 3.05) is 26.3 Å². The summed E-state index contributed by atoms with van der Waals surface area (Å²) in [6, 6.07) is 4.18. The summed E-state index contributed by atoms with van der Waals surface area (Å²) in [5.74, 6) is -0.843. The summed E-state index contributed by atoms with van der Waals surface area (Å²) in [4.78, 5) is 13.5. The van der Waals surface area contributed by atoms with Crippen LogP contribution in [0.25, 0.3) is 0 Å². The van der Waals surface area contributed by atoms with Crippen LogP contribution >= 0.6 is 39.1 Å². The molecule has 1 fully saturated rings. The molecule has 0 saturated carbocycles. The highest BCUT2D eigenvalue weighted by Crippen LogP contribution is 2.39. The summed E-state index contributed by atoms with van der Waals surface area (Å²) < 4.78 is 17.2. The first-order valence-electron chi connectivity index (χ1n) is 6.22. The molecule has 0 spiro atoms. The van der Waals surface area contributed by atoms with Crippen molar-refractivity contribution in [3.8, 4) is 0 Å². The molecule has 0 radical (unpaired) electrons. The summed E-state index contributed by atoms with van der Waals surface area (Å²) in [7, 11) is 0. The van der Waals surface area contributed by atoms with Gasteiger partial charge in [0.1, 0.15) is 6.10 Å². The monoisotopic (exact) mass is 399 g/mol. The Morgan fingerprint density at radius 1 is 1.38 bits per heavy atom. The van der Waals surface area contributed by atoms with E-state index in [1.54, 1.807) is 0 Å². The number of amides is 1. The van der Waals surface area contributed by atoms with Gasteiger partial charge >= 0.3 is 0 Å². The fourth-order valence-electron chi connectivity index (χ4n) is 1.99. The van der Waals surface area contributed by atoms with Gasteiger partial charge in [0.2, 0.25) is 0 Å². The second-order valence-electron chi connectivity index (χ2n) is 4.60. The number of carbonyl (C=O) groups is 1. The van der Waals surface area contributed by atoms with Crippen molar-refractivity contribution in [1.82, 2.24) is 4.90 Å². The van der Waals surface area contributed by atoms with Gasteiger partial charge in [-0.05, 0) is 33.6 Å². The highest BCUT2D eigenvalue weighted by Gasteiger charge is 2.47. The number of carbonyl (C=O) groups excluding carboxylic acids is 1. The second kappa shape index (κ2) is 6.79. The lowest BCUT2D eigenvalue weighted by atomic mass is 10.0. The molecule has 2 rings (SSSR count). The molecule has 1 N–H and O–H groups in total. The summed E-state index contributed by atoms with van der Waals surface area (Å²) in [6.07, 6.45) is -1.71. The van der Waals surface area contributed by atoms with Gasteiger partial charge in [-0.15, -0.1) is 0 Å². The van der Waals surface area contributed by atoms with Crippen molar-refractivity contribution >= 4 is 45.0 Å². The SMILES string of the molecule is O=C(N1CCOCC1)[C@](F)(Br)[C@@H](O)c1ccc(Cl)c(Cl)c1. The molecule has 1 aromatic carbocycles. The van der Waals surface area contributed by atoms with Crippen molar-refractivity contribution in [3.63, 3.8) is 0 Å². The number of alkyl halides is 2. The van der Waals surface area contributed by atoms with Crippen molar-refractivity contribution in [2.24, 2.45) is 0 Å². The molecule has 1 aliphatic rings. The second-order valence-corrected chi connectivity index (χ2v) is 6.57. The molecule has 0 bridgehead atoms. The first-order chi connectivity index (χ1) is 9.84. The summed E-state index contributed by atoms with van der Waals surface area (Å²) in [5.41, 5.74) is 0.158. The van der Waals surface area contributed by atoms with Crippen LogP contribution in [0.1, 0.15) is 11.7 Å². The van der Waals surface area contributed by atoms with E-state index >= 15 is 0 Å². The molecule has 1 heterocycles. The van der Waals surface area contributed by atoms with E-state index in [1.807, 2.05) is 0 Å². The van der Waals surface area contributed by atoms with Gasteiger partial charge in [0.15, 0.2) is 0 Å². The molecule has 0 unspecified atom stereocenters. The maximum absolute atomic E-state index is 14.7. The van der Waals surface area contributed by atoms with Crippen molar-refractivity contribution in [1.29, 1.82) is 0 Å². The number of morpholine rings is 1. The van der Waals surface area contributed by atoms with Crippen LogP contribution in [-0.2, 0) is 9.53 Å². The van der Waals surface area contributed by atoms with Gasteiger partial charge in [0.05, 0.1) is 23.3 Å². The number of aliphatic hydroxyl groups is 1. The molecule has 1 amide bonds. The molecule has 0 aliphatic carbocycles. The number of ether oxygens (including phenoxy) is 1. The average Bonchev–Trinajstić information content (AvgIpc) is 2.49. The standard InChI is InChI=1S/C13H13BrCl2FNO3/c14-13(17,12(20)18-3-5-21-6-4-18)11(19)8-1-2-9(15)10(16)7-8/h1-2,7,11,19H,3-6H2/t11-,13-/m0/s1. The summed E-state index contributed by atoms with van der Waals surface area (Å²) in [6.45, 7) is 1.25. The summed E-state index contributed by atoms with van der Waals surface area (Å²) in [5, 5.41) is 10.6. The Morgan fingerprint density at radius 2 is 2.00 bits per heavy atom. The van der Waals surface area contributed by atoms with Crippen LogP contribution in [0.2, 0.25) is 10.0 Å². The molecule has 8 heteroatoms. The molecule has 21 heavy (non-hydrogen) atoms. The zero-order valence-corrected chi connectivity index (χ0v) is 14.0. The van der Waals surface area contributed by atoms with Crippen LogP contribution in [0.3, 0.4) is 0 Å². The molecule has 116 valence electrons. The number of hydrogen-bond acceptors (Lipinski definition) is 3. The third-order valence-corrected chi connectivity index (χ3v) is 4.70. The summed E-state index contributed by atoms with van der Waals surface area (Å²) >= 11 is 14.3. The molecule has 1 saturated heterocycles. The van der Waals surface area contributed by atoms with E-state index in [0.29, 0.717) is 13.2 Å². The lowest BCUT2D eigenvalue weighted by Crippen LogP contribution is -2.50. The van der Waals surface area contributed by atoms with Gasteiger partial charge in [0.25, 0.3) is 10.5 Å². The van der Waals surface area contributed by atoms with Gasteiger partial charge in [-0.2, -0.15) is 0 Å². The van der Waals surface area contributed by atoms with Gasteiger partial charge < -0.3 is 14.7 Å². The van der Waals surface area contributed by atoms with Crippen molar-refractivity contribution in [2.45, 2.75) is 10.7 Å². The normalized spacial score (nSPS) is 20.0. The fraction of sp³-hybridized carbons (Fsp3) is 0.462. The first-order valence-corrected chi connectivity index (χ1v) is 7.77. The number of aliphatic hydroxyl groups excluding tert-OH is 1. The maximum atomic E-state index is 14.7. The Hall–Kier alpha value is -0.400. The van der Waals surface area contributed by atoms with Gasteiger partial charge in [-0.25, -0.2) is 4.39 Å². The largest absolute Gasteiger partial charge is 0.384 e. The number of nitrogens with zero attached hydrogens (tertiary/aromatic N) is 1. The minimum atomic E-state index is -2.64. The van der Waals surface area contributed by atoms with E-state index in [2.05, 4.69) is 15.9 Å². The molecule has 0 aromatic heterocycles. The Balaban J connectivity index is 2.20. The van der Waals surface area contributed by atoms with E-state index in [4.69, 9.17) is 27.9 Å². The van der Waals surface area contributed by atoms with E-state index in [1.165, 1.54) is 23.1 Å². The third kappa shape index (κ3) is 3.68. The zero-order chi connectivity index (χ0) is 15.6. The zero-order valence-electron chi connectivity index (χ0n) is 10.9. The predicted molar refractivity (Wildman–Crippen MR) is 81.6 cm³/mol. The Labute approximate surface area is 139 Å². The molecule has 1 aromatic rings. The van der Waals surface area contributed by atoms with E-state index in [-0.39, 0.29) is 28.7 Å². The van der Waals surface area contributed by atoms with Crippen LogP contribution in [0, 0.1) is 0 Å². The smallest absolute Gasteiger partial charge is 0.274 e. The first kappa shape index (κ1) is 17.0. The maximum Gasteiger partial charge on any atom is 0.274 e. The molecule has 1 aliphatic heterocycles. The van der Waals surface area contributed by atoms with Crippen LogP contribution in [0.4, 0.5) is 4.39 Å². The van der Waals surface area contributed by atoms with Crippen molar-refractivity contribution < 1.29 is 19.0 Å². The van der Waals surface area contributed by atoms with E-state index in [0.717, 1.165) is 0 Å². The predicted octanol–water partition coefficient (Wildman–Crippen LogP) is 2.95. The number of rotatable bonds is 3. The minimum Gasteiger partial charge on any atom is -0.384 e. The quantitative estimate of drug-likeness (QED) is 0.793. The van der Waals surface area contributed by atoms with Gasteiger partial charge in [-0.1, -0.05) is 29.3 Å². The average molecular weight is 401 g/mol. The molecular formula is C13H13BrCl2FNO3. The Morgan fingerprint density at radius 3 is 2.57 bits per heavy atom. The van der Waals surface area contributed by atoms with Gasteiger partial charge in [0, 0.05) is 13.1 Å². The molecular weight excluding hydrogens is 388 g/mol. The van der Waals surface area contributed by atoms with Crippen LogP contribution in [0.15, 0.2) is 18.2 Å². The highest BCUT2D eigenvalue weighted by molar-refractivity contribution is 9.10. The molecule has 2 atom stereocenters. The van der Waals surface area contributed by atoms with Crippen LogP contribution < -0.4 is 0 Å². The number of halogens is 4. The minimum absolute atomic E-state index is 0.158. The Bertz CT molecular complexity index is 538. The number of benzene rings is 1. The van der Waals surface area contributed by atoms with Gasteiger partial charge in [-0.3, -0.25) is 4.79 Å². The van der Waals surface area contributed by atoms with Crippen LogP contribution in [-0.4, -0.2) is 46.8 Å².